The lowest BCUT2D eigenvalue weighted by molar-refractivity contribution is -0.113. The standard InChI is InChI=1S/C26H27N5O2S/c1-18-10-12-19(13-11-18)16-30-25(33)21-8-4-5-9-22(21)28-26(30)34-17-24(32)29-23-14-15-27-31(23)20-6-2-3-7-20/h4-5,8-15,20H,2-3,6-7,16-17H2,1H3,(H,29,32). The number of aromatic nitrogens is 4. The molecule has 5 rings (SSSR count). The SMILES string of the molecule is Cc1ccc(Cn2c(SCC(=O)Nc3ccnn3C3CCCC3)nc3ccccc3c2=O)cc1. The number of para-hydroxylation sites is 1. The molecule has 0 saturated heterocycles. The van der Waals surface area contributed by atoms with Crippen LogP contribution in [0, 0.1) is 6.92 Å². The number of nitrogens with zero attached hydrogens (tertiary/aromatic N) is 4. The van der Waals surface area contributed by atoms with Crippen LogP contribution in [-0.2, 0) is 11.3 Å². The van der Waals surface area contributed by atoms with Crippen LogP contribution < -0.4 is 10.9 Å². The van der Waals surface area contributed by atoms with E-state index in [9.17, 15) is 9.59 Å². The molecule has 1 aliphatic carbocycles. The van der Waals surface area contributed by atoms with E-state index in [1.165, 1.54) is 24.6 Å². The molecule has 174 valence electrons. The largest absolute Gasteiger partial charge is 0.310 e. The first-order valence-corrected chi connectivity index (χ1v) is 12.6. The Morgan fingerprint density at radius 1 is 1.09 bits per heavy atom. The molecule has 0 atom stereocenters. The summed E-state index contributed by atoms with van der Waals surface area (Å²) in [7, 11) is 0. The second kappa shape index (κ2) is 9.85. The number of rotatable bonds is 7. The van der Waals surface area contributed by atoms with Crippen LogP contribution >= 0.6 is 11.8 Å². The molecule has 4 aromatic rings. The summed E-state index contributed by atoms with van der Waals surface area (Å²) < 4.78 is 3.59. The van der Waals surface area contributed by atoms with Gasteiger partial charge in [-0.05, 0) is 37.5 Å². The predicted molar refractivity (Wildman–Crippen MR) is 135 cm³/mol. The Bertz CT molecular complexity index is 1370. The average Bonchev–Trinajstić information content (AvgIpc) is 3.53. The highest BCUT2D eigenvalue weighted by Gasteiger charge is 2.21. The molecule has 7 nitrogen and oxygen atoms in total. The Labute approximate surface area is 202 Å². The number of fused-ring (bicyclic) bond motifs is 1. The number of nitrogens with one attached hydrogen (secondary N) is 1. The first-order valence-electron chi connectivity index (χ1n) is 11.6. The zero-order valence-corrected chi connectivity index (χ0v) is 19.9. The maximum absolute atomic E-state index is 13.3. The Morgan fingerprint density at radius 3 is 2.65 bits per heavy atom. The lowest BCUT2D eigenvalue weighted by Gasteiger charge is -2.15. The molecule has 1 N–H and O–H groups in total. The summed E-state index contributed by atoms with van der Waals surface area (Å²) in [4.78, 5) is 30.9. The third kappa shape index (κ3) is 4.77. The molecule has 1 aliphatic rings. The zero-order valence-electron chi connectivity index (χ0n) is 19.1. The van der Waals surface area contributed by atoms with Crippen molar-refractivity contribution in [1.29, 1.82) is 0 Å². The summed E-state index contributed by atoms with van der Waals surface area (Å²) >= 11 is 1.28. The van der Waals surface area contributed by atoms with E-state index in [4.69, 9.17) is 4.98 Å². The second-order valence-electron chi connectivity index (χ2n) is 8.72. The Morgan fingerprint density at radius 2 is 1.85 bits per heavy atom. The highest BCUT2D eigenvalue weighted by atomic mass is 32.2. The van der Waals surface area contributed by atoms with Crippen molar-refractivity contribution in [3.8, 4) is 0 Å². The number of carbonyl (C=O) groups excluding carboxylic acids is 1. The minimum Gasteiger partial charge on any atom is -0.310 e. The molecule has 0 aliphatic heterocycles. The summed E-state index contributed by atoms with van der Waals surface area (Å²) in [5.74, 6) is 0.726. The van der Waals surface area contributed by atoms with Crippen LogP contribution in [0.5, 0.6) is 0 Å². The van der Waals surface area contributed by atoms with Crippen molar-refractivity contribution in [2.24, 2.45) is 0 Å². The van der Waals surface area contributed by atoms with E-state index in [2.05, 4.69) is 10.4 Å². The number of hydrogen-bond acceptors (Lipinski definition) is 5. The number of anilines is 1. The molecular formula is C26H27N5O2S. The van der Waals surface area contributed by atoms with Crippen LogP contribution in [0.1, 0.15) is 42.9 Å². The van der Waals surface area contributed by atoms with Crippen molar-refractivity contribution in [3.63, 3.8) is 0 Å². The molecule has 2 aromatic carbocycles. The molecular weight excluding hydrogens is 446 g/mol. The average molecular weight is 474 g/mol. The number of aryl methyl sites for hydroxylation is 1. The maximum atomic E-state index is 13.3. The molecule has 0 unspecified atom stereocenters. The van der Waals surface area contributed by atoms with Gasteiger partial charge in [-0.2, -0.15) is 5.10 Å². The van der Waals surface area contributed by atoms with Gasteiger partial charge < -0.3 is 5.32 Å². The van der Waals surface area contributed by atoms with E-state index in [0.29, 0.717) is 28.6 Å². The quantitative estimate of drug-likeness (QED) is 0.308. The van der Waals surface area contributed by atoms with Crippen molar-refractivity contribution >= 4 is 34.4 Å². The van der Waals surface area contributed by atoms with Crippen LogP contribution in [0.4, 0.5) is 5.82 Å². The lowest BCUT2D eigenvalue weighted by atomic mass is 10.1. The molecule has 34 heavy (non-hydrogen) atoms. The van der Waals surface area contributed by atoms with E-state index >= 15 is 0 Å². The van der Waals surface area contributed by atoms with E-state index in [0.717, 1.165) is 29.8 Å². The molecule has 1 amide bonds. The van der Waals surface area contributed by atoms with Crippen LogP contribution in [0.2, 0.25) is 0 Å². The fourth-order valence-corrected chi connectivity index (χ4v) is 5.23. The number of amides is 1. The van der Waals surface area contributed by atoms with Gasteiger partial charge in [-0.25, -0.2) is 9.67 Å². The summed E-state index contributed by atoms with van der Waals surface area (Å²) in [5.41, 5.74) is 2.70. The van der Waals surface area contributed by atoms with Gasteiger partial charge in [0.2, 0.25) is 5.91 Å². The second-order valence-corrected chi connectivity index (χ2v) is 9.67. The first kappa shape index (κ1) is 22.4. The van der Waals surface area contributed by atoms with E-state index < -0.39 is 0 Å². The molecule has 0 radical (unpaired) electrons. The van der Waals surface area contributed by atoms with Gasteiger partial charge in [-0.15, -0.1) is 0 Å². The molecule has 2 heterocycles. The Hall–Kier alpha value is -3.39. The van der Waals surface area contributed by atoms with Crippen LogP contribution in [-0.4, -0.2) is 31.0 Å². The van der Waals surface area contributed by atoms with Crippen molar-refractivity contribution in [1.82, 2.24) is 19.3 Å². The van der Waals surface area contributed by atoms with Gasteiger partial charge in [-0.3, -0.25) is 14.2 Å². The Kier molecular flexibility index (Phi) is 6.49. The summed E-state index contributed by atoms with van der Waals surface area (Å²) in [6, 6.07) is 17.6. The van der Waals surface area contributed by atoms with Crippen molar-refractivity contribution in [2.45, 2.75) is 50.4 Å². The monoisotopic (exact) mass is 473 g/mol. The fraction of sp³-hybridized carbons (Fsp3) is 0.308. The number of hydrogen-bond donors (Lipinski definition) is 1. The topological polar surface area (TPSA) is 81.8 Å². The van der Waals surface area contributed by atoms with Crippen LogP contribution in [0.15, 0.2) is 70.7 Å². The molecule has 8 heteroatoms. The Balaban J connectivity index is 1.37. The van der Waals surface area contributed by atoms with E-state index in [-0.39, 0.29) is 17.2 Å². The summed E-state index contributed by atoms with van der Waals surface area (Å²) in [6.07, 6.45) is 6.29. The van der Waals surface area contributed by atoms with Gasteiger partial charge in [0.05, 0.1) is 35.4 Å². The molecule has 1 saturated carbocycles. The van der Waals surface area contributed by atoms with Crippen LogP contribution in [0.25, 0.3) is 10.9 Å². The van der Waals surface area contributed by atoms with Gasteiger partial charge in [0.15, 0.2) is 5.16 Å². The third-order valence-corrected chi connectivity index (χ3v) is 7.21. The van der Waals surface area contributed by atoms with Crippen LogP contribution in [0.3, 0.4) is 0 Å². The molecule has 2 aromatic heterocycles. The van der Waals surface area contributed by atoms with E-state index in [1.807, 2.05) is 60.1 Å². The lowest BCUT2D eigenvalue weighted by Crippen LogP contribution is -2.25. The van der Waals surface area contributed by atoms with Crippen molar-refractivity contribution in [2.75, 3.05) is 11.1 Å². The number of carbonyl (C=O) groups is 1. The fourth-order valence-electron chi connectivity index (χ4n) is 4.44. The first-order chi connectivity index (χ1) is 16.6. The van der Waals surface area contributed by atoms with Gasteiger partial charge in [0.1, 0.15) is 5.82 Å². The van der Waals surface area contributed by atoms with Gasteiger partial charge in [0, 0.05) is 6.07 Å². The minimum atomic E-state index is -0.144. The molecule has 1 fully saturated rings. The van der Waals surface area contributed by atoms with Gasteiger partial charge >= 0.3 is 0 Å². The van der Waals surface area contributed by atoms with Crippen molar-refractivity contribution in [3.05, 3.63) is 82.3 Å². The smallest absolute Gasteiger partial charge is 0.262 e. The van der Waals surface area contributed by atoms with E-state index in [1.54, 1.807) is 16.8 Å². The predicted octanol–water partition coefficient (Wildman–Crippen LogP) is 4.80. The number of benzene rings is 2. The normalized spacial score (nSPS) is 14.0. The summed E-state index contributed by atoms with van der Waals surface area (Å²) in [6.45, 7) is 2.43. The third-order valence-electron chi connectivity index (χ3n) is 6.23. The molecule has 0 bridgehead atoms. The number of thioether (sulfide) groups is 1. The maximum Gasteiger partial charge on any atom is 0.262 e. The zero-order chi connectivity index (χ0) is 23.5. The summed E-state index contributed by atoms with van der Waals surface area (Å²) in [5, 5.41) is 8.51. The minimum absolute atomic E-state index is 0.103. The highest BCUT2D eigenvalue weighted by molar-refractivity contribution is 7.99. The molecule has 0 spiro atoms. The highest BCUT2D eigenvalue weighted by Crippen LogP contribution is 2.31. The van der Waals surface area contributed by atoms with Gasteiger partial charge in [-0.1, -0.05) is 66.6 Å². The van der Waals surface area contributed by atoms with Crippen molar-refractivity contribution < 1.29 is 4.79 Å². The van der Waals surface area contributed by atoms with Gasteiger partial charge in [0.25, 0.3) is 5.56 Å².